The number of azo groups is 1. The molecule has 7 nitrogen and oxygen atoms in total. The molecule has 0 unspecified atom stereocenters. The van der Waals surface area contributed by atoms with Gasteiger partial charge in [0.2, 0.25) is 0 Å². The van der Waals surface area contributed by atoms with Gasteiger partial charge in [0.25, 0.3) is 0 Å². The number of nitrogens with zero attached hydrogens (tertiary/aromatic N) is 4. The van der Waals surface area contributed by atoms with Crippen molar-refractivity contribution in [3.8, 4) is 11.6 Å². The van der Waals surface area contributed by atoms with Crippen LogP contribution in [-0.4, -0.2) is 19.9 Å². The fraction of sp³-hybridized carbons (Fsp3) is 0.0667. The van der Waals surface area contributed by atoms with E-state index in [-0.39, 0.29) is 17.0 Å². The maximum Gasteiger partial charge on any atom is 0.300 e. The van der Waals surface area contributed by atoms with Crippen molar-refractivity contribution < 1.29 is 5.11 Å². The van der Waals surface area contributed by atoms with E-state index in [1.807, 2.05) is 0 Å². The van der Waals surface area contributed by atoms with Crippen molar-refractivity contribution in [3.63, 3.8) is 0 Å². The van der Waals surface area contributed by atoms with Gasteiger partial charge >= 0.3 is 5.56 Å². The first-order valence-corrected chi connectivity index (χ1v) is 6.59. The predicted octanol–water partition coefficient (Wildman–Crippen LogP) is 2.99. The highest BCUT2D eigenvalue weighted by molar-refractivity contribution is 5.44. The first-order valence-electron chi connectivity index (χ1n) is 6.59. The van der Waals surface area contributed by atoms with Crippen LogP contribution in [0.25, 0.3) is 5.82 Å². The molecule has 22 heavy (non-hydrogen) atoms. The summed E-state index contributed by atoms with van der Waals surface area (Å²) in [4.78, 5) is 16.5. The Morgan fingerprint density at radius 3 is 2.59 bits per heavy atom. The van der Waals surface area contributed by atoms with Gasteiger partial charge in [0, 0.05) is 6.20 Å². The number of benzene rings is 1. The lowest BCUT2D eigenvalue weighted by atomic mass is 10.3. The molecule has 3 rings (SSSR count). The van der Waals surface area contributed by atoms with Gasteiger partial charge in [-0.3, -0.25) is 9.89 Å². The summed E-state index contributed by atoms with van der Waals surface area (Å²) in [6, 6.07) is 11.5. The number of hydrogen-bond donors (Lipinski definition) is 2. The Bertz CT molecular complexity index is 863. The third-order valence-corrected chi connectivity index (χ3v) is 3.03. The van der Waals surface area contributed by atoms with E-state index in [1.54, 1.807) is 43.5 Å². The van der Waals surface area contributed by atoms with E-state index >= 15 is 0 Å². The first-order chi connectivity index (χ1) is 10.6. The van der Waals surface area contributed by atoms with Gasteiger partial charge in [-0.2, -0.15) is 9.80 Å². The maximum absolute atomic E-state index is 12.4. The quantitative estimate of drug-likeness (QED) is 0.727. The molecule has 110 valence electrons. The number of nitrogens with one attached hydrogen (secondary N) is 1. The molecule has 0 aliphatic rings. The van der Waals surface area contributed by atoms with E-state index in [4.69, 9.17) is 0 Å². The Kier molecular flexibility index (Phi) is 3.53. The molecule has 0 saturated carbocycles. The van der Waals surface area contributed by atoms with Crippen LogP contribution in [0.5, 0.6) is 5.75 Å². The molecule has 7 heteroatoms. The van der Waals surface area contributed by atoms with Crippen LogP contribution >= 0.6 is 0 Å². The summed E-state index contributed by atoms with van der Waals surface area (Å²) in [6.45, 7) is 1.74. The van der Waals surface area contributed by atoms with Crippen molar-refractivity contribution in [3.05, 3.63) is 64.7 Å². The number of pyridine rings is 1. The van der Waals surface area contributed by atoms with Crippen molar-refractivity contribution in [1.82, 2.24) is 14.8 Å². The van der Waals surface area contributed by atoms with Crippen LogP contribution in [-0.2, 0) is 0 Å². The fourth-order valence-corrected chi connectivity index (χ4v) is 1.93. The van der Waals surface area contributed by atoms with Gasteiger partial charge in [-0.25, -0.2) is 4.98 Å². The Morgan fingerprint density at radius 2 is 1.91 bits per heavy atom. The van der Waals surface area contributed by atoms with Crippen molar-refractivity contribution in [1.29, 1.82) is 0 Å². The highest BCUT2D eigenvalue weighted by atomic mass is 16.3. The molecule has 0 bridgehead atoms. The molecule has 0 aliphatic heterocycles. The second-order valence-electron chi connectivity index (χ2n) is 4.63. The number of rotatable bonds is 3. The Morgan fingerprint density at radius 1 is 1.14 bits per heavy atom. The van der Waals surface area contributed by atoms with Crippen LogP contribution in [0.4, 0.5) is 11.4 Å². The molecule has 1 aromatic carbocycles. The highest BCUT2D eigenvalue weighted by Crippen LogP contribution is 2.20. The van der Waals surface area contributed by atoms with E-state index < -0.39 is 0 Å². The minimum absolute atomic E-state index is 0.147. The van der Waals surface area contributed by atoms with Crippen molar-refractivity contribution in [2.75, 3.05) is 0 Å². The highest BCUT2D eigenvalue weighted by Gasteiger charge is 2.12. The van der Waals surface area contributed by atoms with E-state index in [0.29, 0.717) is 17.2 Å². The molecule has 2 heterocycles. The van der Waals surface area contributed by atoms with Gasteiger partial charge in [-0.15, -0.1) is 5.11 Å². The monoisotopic (exact) mass is 295 g/mol. The third-order valence-electron chi connectivity index (χ3n) is 3.03. The molecule has 2 N–H and O–H groups in total. The molecule has 0 spiro atoms. The van der Waals surface area contributed by atoms with Gasteiger partial charge in [-0.05, 0) is 43.3 Å². The number of aromatic amines is 1. The standard InChI is InChI=1S/C15H13N5O2/c1-10-14(18-17-11-5-7-12(21)8-6-11)15(22)20(19-10)13-4-2-3-9-16-13/h2-9,19,21H,1H3. The maximum atomic E-state index is 12.4. The molecule has 0 saturated heterocycles. The van der Waals surface area contributed by atoms with Crippen LogP contribution < -0.4 is 5.56 Å². The van der Waals surface area contributed by atoms with Crippen LogP contribution in [0, 0.1) is 6.92 Å². The first kappa shape index (κ1) is 13.7. The van der Waals surface area contributed by atoms with Crippen LogP contribution in [0.15, 0.2) is 63.7 Å². The fourth-order valence-electron chi connectivity index (χ4n) is 1.93. The zero-order valence-electron chi connectivity index (χ0n) is 11.8. The Balaban J connectivity index is 1.97. The van der Waals surface area contributed by atoms with Crippen LogP contribution in [0.2, 0.25) is 0 Å². The summed E-state index contributed by atoms with van der Waals surface area (Å²) in [5.74, 6) is 0.635. The van der Waals surface area contributed by atoms with Crippen molar-refractivity contribution >= 4 is 11.4 Å². The second-order valence-corrected chi connectivity index (χ2v) is 4.63. The lowest BCUT2D eigenvalue weighted by Gasteiger charge is -1.97. The molecular formula is C15H13N5O2. The number of aromatic nitrogens is 3. The van der Waals surface area contributed by atoms with E-state index in [2.05, 4.69) is 20.3 Å². The largest absolute Gasteiger partial charge is 0.508 e. The molecule has 0 aliphatic carbocycles. The smallest absolute Gasteiger partial charge is 0.300 e. The van der Waals surface area contributed by atoms with E-state index in [9.17, 15) is 9.90 Å². The number of phenols is 1. The summed E-state index contributed by atoms with van der Waals surface area (Å²) in [5.41, 5.74) is 1.04. The minimum Gasteiger partial charge on any atom is -0.508 e. The molecule has 2 aromatic heterocycles. The summed E-state index contributed by atoms with van der Waals surface area (Å²) in [5, 5.41) is 20.2. The average Bonchev–Trinajstić information content (AvgIpc) is 2.82. The van der Waals surface area contributed by atoms with Gasteiger partial charge < -0.3 is 5.11 Å². The number of aryl methyl sites for hydroxylation is 1. The van der Waals surface area contributed by atoms with Gasteiger partial charge in [0.1, 0.15) is 5.75 Å². The molecule has 0 atom stereocenters. The summed E-state index contributed by atoms with van der Waals surface area (Å²) < 4.78 is 1.32. The molecule has 0 radical (unpaired) electrons. The molecule has 0 fully saturated rings. The Hall–Kier alpha value is -3.22. The molecular weight excluding hydrogens is 282 g/mol. The second kappa shape index (κ2) is 5.65. The average molecular weight is 295 g/mol. The van der Waals surface area contributed by atoms with Crippen LogP contribution in [0.3, 0.4) is 0 Å². The SMILES string of the molecule is Cc1[nH]n(-c2ccccn2)c(=O)c1N=Nc1ccc(O)cc1. The Labute approximate surface area is 125 Å². The number of hydrogen-bond acceptors (Lipinski definition) is 5. The van der Waals surface area contributed by atoms with Gasteiger partial charge in [-0.1, -0.05) is 6.07 Å². The number of aromatic hydroxyl groups is 1. The van der Waals surface area contributed by atoms with E-state index in [0.717, 1.165) is 0 Å². The van der Waals surface area contributed by atoms with Crippen molar-refractivity contribution in [2.45, 2.75) is 6.92 Å². The summed E-state index contributed by atoms with van der Waals surface area (Å²) >= 11 is 0. The third kappa shape index (κ3) is 2.64. The minimum atomic E-state index is -0.321. The topological polar surface area (TPSA) is 95.6 Å². The van der Waals surface area contributed by atoms with E-state index in [1.165, 1.54) is 16.8 Å². The number of H-pyrrole nitrogens is 1. The molecule has 0 amide bonds. The lowest BCUT2D eigenvalue weighted by molar-refractivity contribution is 0.475. The predicted molar refractivity (Wildman–Crippen MR) is 81.2 cm³/mol. The summed E-state index contributed by atoms with van der Waals surface area (Å²) in [6.07, 6.45) is 1.61. The zero-order chi connectivity index (χ0) is 15.5. The lowest BCUT2D eigenvalue weighted by Crippen LogP contribution is -2.15. The number of phenolic OH excluding ortho intramolecular Hbond substituents is 1. The van der Waals surface area contributed by atoms with Crippen molar-refractivity contribution in [2.24, 2.45) is 10.2 Å². The normalized spacial score (nSPS) is 11.1. The molecule has 3 aromatic rings. The van der Waals surface area contributed by atoms with Gasteiger partial charge in [0.15, 0.2) is 11.5 Å². The summed E-state index contributed by atoms with van der Waals surface area (Å²) in [7, 11) is 0. The van der Waals surface area contributed by atoms with Crippen LogP contribution in [0.1, 0.15) is 5.69 Å². The van der Waals surface area contributed by atoms with Gasteiger partial charge in [0.05, 0.1) is 11.4 Å². The zero-order valence-corrected chi connectivity index (χ0v) is 11.8.